The van der Waals surface area contributed by atoms with Crippen molar-refractivity contribution < 1.29 is 9.53 Å². The second-order valence-electron chi connectivity index (χ2n) is 7.19. The lowest BCUT2D eigenvalue weighted by Crippen LogP contribution is -2.36. The maximum absolute atomic E-state index is 12.3. The molecular formula is C23H30N2O2. The van der Waals surface area contributed by atoms with Crippen molar-refractivity contribution in [3.8, 4) is 5.75 Å². The molecule has 4 nitrogen and oxygen atoms in total. The number of benzene rings is 2. The van der Waals surface area contributed by atoms with E-state index < -0.39 is 0 Å². The smallest absolute Gasteiger partial charge is 0.220 e. The molecule has 0 radical (unpaired) electrons. The highest BCUT2D eigenvalue weighted by atomic mass is 16.5. The molecule has 0 bridgehead atoms. The molecule has 2 aromatic carbocycles. The largest absolute Gasteiger partial charge is 0.493 e. The molecule has 1 unspecified atom stereocenters. The fourth-order valence-corrected chi connectivity index (χ4v) is 3.62. The van der Waals surface area contributed by atoms with Crippen molar-refractivity contribution in [3.05, 3.63) is 65.7 Å². The number of aryl methyl sites for hydroxylation is 1. The fraction of sp³-hybridized carbons (Fsp3) is 0.435. The molecule has 144 valence electrons. The first-order chi connectivity index (χ1) is 13.2. The van der Waals surface area contributed by atoms with Gasteiger partial charge in [-0.25, -0.2) is 0 Å². The van der Waals surface area contributed by atoms with E-state index in [0.29, 0.717) is 19.6 Å². The molecule has 1 fully saturated rings. The maximum Gasteiger partial charge on any atom is 0.220 e. The number of likely N-dealkylation sites (tertiary alicyclic amines) is 1. The first-order valence-corrected chi connectivity index (χ1v) is 9.98. The highest BCUT2D eigenvalue weighted by molar-refractivity contribution is 5.75. The van der Waals surface area contributed by atoms with Gasteiger partial charge in [0.05, 0.1) is 12.6 Å². The number of para-hydroxylation sites is 1. The van der Waals surface area contributed by atoms with E-state index in [2.05, 4.69) is 34.5 Å². The molecule has 1 N–H and O–H groups in total. The zero-order valence-corrected chi connectivity index (χ0v) is 16.2. The summed E-state index contributed by atoms with van der Waals surface area (Å²) >= 11 is 0. The highest BCUT2D eigenvalue weighted by Gasteiger charge is 2.23. The Morgan fingerprint density at radius 3 is 2.52 bits per heavy atom. The molecule has 0 saturated carbocycles. The lowest BCUT2D eigenvalue weighted by atomic mass is 10.1. The quantitative estimate of drug-likeness (QED) is 0.679. The van der Waals surface area contributed by atoms with E-state index >= 15 is 0 Å². The van der Waals surface area contributed by atoms with Crippen LogP contribution in [0.4, 0.5) is 0 Å². The maximum atomic E-state index is 12.3. The summed E-state index contributed by atoms with van der Waals surface area (Å²) in [5, 5.41) is 3.13. The molecule has 0 aliphatic carbocycles. The number of ether oxygens (including phenoxy) is 1. The van der Waals surface area contributed by atoms with Gasteiger partial charge in [0.15, 0.2) is 0 Å². The topological polar surface area (TPSA) is 41.6 Å². The normalized spacial score (nSPS) is 15.4. The minimum Gasteiger partial charge on any atom is -0.493 e. The van der Waals surface area contributed by atoms with Gasteiger partial charge in [0.2, 0.25) is 5.91 Å². The standard InChI is InChI=1S/C23H30N2O2/c1-19-10-5-6-13-22(19)27-17-9-14-23(26)24-18-21(25-15-7-8-16-25)20-11-3-2-4-12-20/h2-6,10-13,21H,7-9,14-18H2,1H3,(H,24,26). The van der Waals surface area contributed by atoms with Gasteiger partial charge < -0.3 is 10.1 Å². The van der Waals surface area contributed by atoms with Gasteiger partial charge in [-0.1, -0.05) is 48.5 Å². The SMILES string of the molecule is Cc1ccccc1OCCCC(=O)NCC(c1ccccc1)N1CCCC1. The van der Waals surface area contributed by atoms with E-state index in [-0.39, 0.29) is 11.9 Å². The van der Waals surface area contributed by atoms with Crippen molar-refractivity contribution in [3.63, 3.8) is 0 Å². The Balaban J connectivity index is 1.43. The Morgan fingerprint density at radius 1 is 1.07 bits per heavy atom. The monoisotopic (exact) mass is 366 g/mol. The third-order valence-corrected chi connectivity index (χ3v) is 5.16. The van der Waals surface area contributed by atoms with E-state index in [9.17, 15) is 4.79 Å². The first kappa shape index (κ1) is 19.4. The minimum atomic E-state index is 0.100. The van der Waals surface area contributed by atoms with E-state index in [0.717, 1.165) is 30.8 Å². The summed E-state index contributed by atoms with van der Waals surface area (Å²) in [4.78, 5) is 14.8. The van der Waals surface area contributed by atoms with Crippen molar-refractivity contribution in [1.29, 1.82) is 0 Å². The van der Waals surface area contributed by atoms with E-state index in [1.54, 1.807) is 0 Å². The van der Waals surface area contributed by atoms with Gasteiger partial charge in [-0.05, 0) is 56.5 Å². The summed E-state index contributed by atoms with van der Waals surface area (Å²) < 4.78 is 5.78. The number of amides is 1. The number of nitrogens with zero attached hydrogens (tertiary/aromatic N) is 1. The van der Waals surface area contributed by atoms with Crippen LogP contribution in [-0.4, -0.2) is 37.0 Å². The number of hydrogen-bond acceptors (Lipinski definition) is 3. The van der Waals surface area contributed by atoms with Crippen molar-refractivity contribution in [2.75, 3.05) is 26.2 Å². The van der Waals surface area contributed by atoms with Crippen LogP contribution in [0, 0.1) is 6.92 Å². The molecule has 1 aliphatic rings. The summed E-state index contributed by atoms with van der Waals surface area (Å²) in [5.74, 6) is 1.000. The number of nitrogens with one attached hydrogen (secondary N) is 1. The Hall–Kier alpha value is -2.33. The van der Waals surface area contributed by atoms with Gasteiger partial charge >= 0.3 is 0 Å². The average Bonchev–Trinajstić information content (AvgIpc) is 3.22. The summed E-state index contributed by atoms with van der Waals surface area (Å²) in [7, 11) is 0. The first-order valence-electron chi connectivity index (χ1n) is 9.98. The van der Waals surface area contributed by atoms with Gasteiger partial charge in [0, 0.05) is 13.0 Å². The molecule has 2 aromatic rings. The van der Waals surface area contributed by atoms with Crippen LogP contribution in [0.15, 0.2) is 54.6 Å². The lowest BCUT2D eigenvalue weighted by molar-refractivity contribution is -0.121. The van der Waals surface area contributed by atoms with Gasteiger partial charge in [0.25, 0.3) is 0 Å². The lowest BCUT2D eigenvalue weighted by Gasteiger charge is -2.28. The number of hydrogen-bond donors (Lipinski definition) is 1. The summed E-state index contributed by atoms with van der Waals surface area (Å²) in [5.41, 5.74) is 2.40. The van der Waals surface area contributed by atoms with Gasteiger partial charge in [-0.2, -0.15) is 0 Å². The number of carbonyl (C=O) groups excluding carboxylic acids is 1. The molecule has 0 aromatic heterocycles. The van der Waals surface area contributed by atoms with Gasteiger partial charge in [-0.3, -0.25) is 9.69 Å². The van der Waals surface area contributed by atoms with Crippen molar-refractivity contribution >= 4 is 5.91 Å². The zero-order chi connectivity index (χ0) is 18.9. The minimum absolute atomic E-state index is 0.100. The molecule has 1 atom stereocenters. The Bertz CT molecular complexity index is 711. The van der Waals surface area contributed by atoms with Gasteiger partial charge in [-0.15, -0.1) is 0 Å². The summed E-state index contributed by atoms with van der Waals surface area (Å²) in [6.45, 7) is 5.48. The molecule has 0 spiro atoms. The van der Waals surface area contributed by atoms with Crippen LogP contribution in [-0.2, 0) is 4.79 Å². The zero-order valence-electron chi connectivity index (χ0n) is 16.2. The number of rotatable bonds is 9. The fourth-order valence-electron chi connectivity index (χ4n) is 3.62. The molecule has 27 heavy (non-hydrogen) atoms. The molecule has 3 rings (SSSR count). The van der Waals surface area contributed by atoms with Crippen molar-refractivity contribution in [1.82, 2.24) is 10.2 Å². The van der Waals surface area contributed by atoms with Crippen molar-refractivity contribution in [2.45, 2.75) is 38.6 Å². The van der Waals surface area contributed by atoms with Crippen LogP contribution in [0.5, 0.6) is 5.75 Å². The Morgan fingerprint density at radius 2 is 1.78 bits per heavy atom. The Kier molecular flexibility index (Phi) is 7.28. The third-order valence-electron chi connectivity index (χ3n) is 5.16. The van der Waals surface area contributed by atoms with E-state index in [1.807, 2.05) is 37.3 Å². The number of carbonyl (C=O) groups is 1. The van der Waals surface area contributed by atoms with E-state index in [1.165, 1.54) is 18.4 Å². The third kappa shape index (κ3) is 5.83. The van der Waals surface area contributed by atoms with Crippen LogP contribution in [0.1, 0.15) is 42.9 Å². The highest BCUT2D eigenvalue weighted by Crippen LogP contribution is 2.24. The molecular weight excluding hydrogens is 336 g/mol. The molecule has 4 heteroatoms. The second-order valence-corrected chi connectivity index (χ2v) is 7.19. The molecule has 1 amide bonds. The second kappa shape index (κ2) is 10.1. The van der Waals surface area contributed by atoms with Crippen LogP contribution in [0.2, 0.25) is 0 Å². The average molecular weight is 367 g/mol. The van der Waals surface area contributed by atoms with Crippen LogP contribution < -0.4 is 10.1 Å². The summed E-state index contributed by atoms with van der Waals surface area (Å²) in [6, 6.07) is 18.7. The van der Waals surface area contributed by atoms with Gasteiger partial charge in [0.1, 0.15) is 5.75 Å². The van der Waals surface area contributed by atoms with E-state index in [4.69, 9.17) is 4.74 Å². The molecule has 1 saturated heterocycles. The Labute approximate surface area is 162 Å². The molecule has 1 heterocycles. The van der Waals surface area contributed by atoms with Crippen molar-refractivity contribution in [2.24, 2.45) is 0 Å². The predicted molar refractivity (Wildman–Crippen MR) is 109 cm³/mol. The van der Waals surface area contributed by atoms with Crippen LogP contribution in [0.25, 0.3) is 0 Å². The van der Waals surface area contributed by atoms with Crippen LogP contribution in [0.3, 0.4) is 0 Å². The summed E-state index contributed by atoms with van der Waals surface area (Å²) in [6.07, 6.45) is 3.70. The molecule has 1 aliphatic heterocycles. The van der Waals surface area contributed by atoms with Crippen LogP contribution >= 0.6 is 0 Å². The predicted octanol–water partition coefficient (Wildman–Crippen LogP) is 4.11.